The first-order chi connectivity index (χ1) is 9.26. The number of carbonyl (C=O) groups is 2. The van der Waals surface area contributed by atoms with Crippen molar-refractivity contribution in [1.82, 2.24) is 10.3 Å². The van der Waals surface area contributed by atoms with Crippen molar-refractivity contribution < 1.29 is 9.59 Å². The van der Waals surface area contributed by atoms with Crippen LogP contribution in [0.15, 0.2) is 18.2 Å². The molecule has 0 bridgehead atoms. The van der Waals surface area contributed by atoms with Gasteiger partial charge < -0.3 is 10.6 Å². The molecule has 2 N–H and O–H groups in total. The lowest BCUT2D eigenvalue weighted by atomic mass is 9.92. The van der Waals surface area contributed by atoms with Gasteiger partial charge >= 0.3 is 0 Å². The van der Waals surface area contributed by atoms with Crippen molar-refractivity contribution >= 4 is 17.6 Å². The van der Waals surface area contributed by atoms with Gasteiger partial charge in [0.15, 0.2) is 0 Å². The van der Waals surface area contributed by atoms with Crippen LogP contribution >= 0.6 is 0 Å². The van der Waals surface area contributed by atoms with E-state index in [1.54, 1.807) is 6.07 Å². The molecule has 0 atom stereocenters. The number of anilines is 1. The van der Waals surface area contributed by atoms with Gasteiger partial charge in [-0.15, -0.1) is 0 Å². The number of nitrogens with one attached hydrogen (secondary N) is 2. The SMILES string of the molecule is Cc1cccc(NC(=O)CCNC(=O)CC(C)(C)C)n1. The molecule has 0 unspecified atom stereocenters. The predicted molar refractivity (Wildman–Crippen MR) is 79.3 cm³/mol. The lowest BCUT2D eigenvalue weighted by Crippen LogP contribution is -2.30. The van der Waals surface area contributed by atoms with Crippen LogP contribution < -0.4 is 10.6 Å². The molecule has 1 aromatic rings. The third-order valence-corrected chi connectivity index (χ3v) is 2.52. The molecule has 0 radical (unpaired) electrons. The van der Waals surface area contributed by atoms with E-state index in [9.17, 15) is 9.59 Å². The van der Waals surface area contributed by atoms with Gasteiger partial charge in [-0.3, -0.25) is 9.59 Å². The molecular formula is C15H23N3O2. The minimum absolute atomic E-state index is 0.0287. The molecule has 1 rings (SSSR count). The van der Waals surface area contributed by atoms with E-state index in [1.165, 1.54) is 0 Å². The fourth-order valence-electron chi connectivity index (χ4n) is 1.68. The molecule has 0 aliphatic carbocycles. The number of carbonyl (C=O) groups excluding carboxylic acids is 2. The summed E-state index contributed by atoms with van der Waals surface area (Å²) in [6, 6.07) is 5.44. The van der Waals surface area contributed by atoms with E-state index in [-0.39, 0.29) is 23.7 Å². The van der Waals surface area contributed by atoms with Crippen LogP contribution in [0.1, 0.15) is 39.3 Å². The Morgan fingerprint density at radius 2 is 1.90 bits per heavy atom. The Hall–Kier alpha value is -1.91. The second kappa shape index (κ2) is 7.03. The quantitative estimate of drug-likeness (QED) is 0.867. The molecule has 20 heavy (non-hydrogen) atoms. The first-order valence-electron chi connectivity index (χ1n) is 6.76. The lowest BCUT2D eigenvalue weighted by Gasteiger charge is -2.17. The molecule has 0 aromatic carbocycles. The van der Waals surface area contributed by atoms with E-state index >= 15 is 0 Å². The smallest absolute Gasteiger partial charge is 0.227 e. The van der Waals surface area contributed by atoms with Crippen molar-refractivity contribution in [2.45, 2.75) is 40.5 Å². The second-order valence-corrected chi connectivity index (χ2v) is 6.05. The topological polar surface area (TPSA) is 71.1 Å². The Morgan fingerprint density at radius 3 is 2.50 bits per heavy atom. The zero-order valence-corrected chi connectivity index (χ0v) is 12.6. The van der Waals surface area contributed by atoms with Crippen LogP contribution in [0.3, 0.4) is 0 Å². The average molecular weight is 277 g/mol. The summed E-state index contributed by atoms with van der Waals surface area (Å²) in [6.07, 6.45) is 0.694. The van der Waals surface area contributed by atoms with Crippen LogP contribution in [-0.4, -0.2) is 23.3 Å². The van der Waals surface area contributed by atoms with Crippen LogP contribution in [0.4, 0.5) is 5.82 Å². The summed E-state index contributed by atoms with van der Waals surface area (Å²) in [5.41, 5.74) is 0.805. The Kier molecular flexibility index (Phi) is 5.67. The fraction of sp³-hybridized carbons (Fsp3) is 0.533. The molecule has 0 saturated carbocycles. The highest BCUT2D eigenvalue weighted by molar-refractivity contribution is 5.90. The van der Waals surface area contributed by atoms with Crippen LogP contribution in [0.5, 0.6) is 0 Å². The van der Waals surface area contributed by atoms with Crippen molar-refractivity contribution in [3.05, 3.63) is 23.9 Å². The van der Waals surface area contributed by atoms with Crippen molar-refractivity contribution in [3.8, 4) is 0 Å². The summed E-state index contributed by atoms with van der Waals surface area (Å²) in [5.74, 6) is 0.356. The van der Waals surface area contributed by atoms with Crippen molar-refractivity contribution in [3.63, 3.8) is 0 Å². The highest BCUT2D eigenvalue weighted by Gasteiger charge is 2.15. The number of rotatable bonds is 5. The van der Waals surface area contributed by atoms with Gasteiger partial charge in [-0.1, -0.05) is 26.8 Å². The summed E-state index contributed by atoms with van der Waals surface area (Å²) in [7, 11) is 0. The molecule has 0 saturated heterocycles. The highest BCUT2D eigenvalue weighted by Crippen LogP contribution is 2.17. The van der Waals surface area contributed by atoms with Gasteiger partial charge in [-0.25, -0.2) is 4.98 Å². The zero-order valence-electron chi connectivity index (χ0n) is 12.6. The standard InChI is InChI=1S/C15H23N3O2/c1-11-6-5-7-12(17-11)18-13(19)8-9-16-14(20)10-15(2,3)4/h5-7H,8-10H2,1-4H3,(H,16,20)(H,17,18,19). The Morgan fingerprint density at radius 1 is 1.20 bits per heavy atom. The minimum Gasteiger partial charge on any atom is -0.356 e. The van der Waals surface area contributed by atoms with Crippen LogP contribution in [0.2, 0.25) is 0 Å². The number of hydrogen-bond donors (Lipinski definition) is 2. The van der Waals surface area contributed by atoms with E-state index in [0.29, 0.717) is 18.8 Å². The maximum absolute atomic E-state index is 11.7. The van der Waals surface area contributed by atoms with Gasteiger partial charge in [-0.2, -0.15) is 0 Å². The number of aromatic nitrogens is 1. The maximum Gasteiger partial charge on any atom is 0.227 e. The van der Waals surface area contributed by atoms with Crippen molar-refractivity contribution in [1.29, 1.82) is 0 Å². The Labute approximate surface area is 120 Å². The van der Waals surface area contributed by atoms with E-state index in [4.69, 9.17) is 0 Å². The summed E-state index contributed by atoms with van der Waals surface area (Å²) in [5, 5.41) is 5.45. The maximum atomic E-state index is 11.7. The first-order valence-corrected chi connectivity index (χ1v) is 6.76. The van der Waals surface area contributed by atoms with E-state index in [2.05, 4.69) is 15.6 Å². The Balaban J connectivity index is 2.29. The highest BCUT2D eigenvalue weighted by atomic mass is 16.2. The number of nitrogens with zero attached hydrogens (tertiary/aromatic N) is 1. The molecule has 2 amide bonds. The van der Waals surface area contributed by atoms with E-state index < -0.39 is 0 Å². The Bertz CT molecular complexity index is 478. The molecule has 0 spiro atoms. The molecule has 0 aliphatic heterocycles. The van der Waals surface area contributed by atoms with Gasteiger partial charge in [-0.05, 0) is 24.5 Å². The molecule has 0 fully saturated rings. The average Bonchev–Trinajstić information content (AvgIpc) is 2.26. The van der Waals surface area contributed by atoms with Crippen LogP contribution in [0, 0.1) is 12.3 Å². The molecule has 0 aliphatic rings. The van der Waals surface area contributed by atoms with E-state index in [0.717, 1.165) is 5.69 Å². The lowest BCUT2D eigenvalue weighted by molar-refractivity contribution is -0.122. The van der Waals surface area contributed by atoms with Crippen LogP contribution in [-0.2, 0) is 9.59 Å². The summed E-state index contributed by atoms with van der Waals surface area (Å²) in [4.78, 5) is 27.5. The van der Waals surface area contributed by atoms with Crippen molar-refractivity contribution in [2.24, 2.45) is 5.41 Å². The number of aryl methyl sites for hydroxylation is 1. The third kappa shape index (κ3) is 6.87. The van der Waals surface area contributed by atoms with Gasteiger partial charge in [0.25, 0.3) is 0 Å². The first kappa shape index (κ1) is 16.1. The molecule has 5 nitrogen and oxygen atoms in total. The van der Waals surface area contributed by atoms with Gasteiger partial charge in [0.2, 0.25) is 11.8 Å². The normalized spacial score (nSPS) is 11.0. The van der Waals surface area contributed by atoms with Gasteiger partial charge in [0, 0.05) is 25.1 Å². The molecule has 1 heterocycles. The van der Waals surface area contributed by atoms with Gasteiger partial charge in [0.05, 0.1) is 0 Å². The predicted octanol–water partition coefficient (Wildman–Crippen LogP) is 2.27. The molecule has 110 valence electrons. The van der Waals surface area contributed by atoms with E-state index in [1.807, 2.05) is 39.8 Å². The number of pyridine rings is 1. The number of hydrogen-bond acceptors (Lipinski definition) is 3. The third-order valence-electron chi connectivity index (χ3n) is 2.52. The fourth-order valence-corrected chi connectivity index (χ4v) is 1.68. The summed E-state index contributed by atoms with van der Waals surface area (Å²) in [6.45, 7) is 8.21. The second-order valence-electron chi connectivity index (χ2n) is 6.05. The summed E-state index contributed by atoms with van der Waals surface area (Å²) < 4.78 is 0. The molecular weight excluding hydrogens is 254 g/mol. The number of amides is 2. The monoisotopic (exact) mass is 277 g/mol. The molecule has 5 heteroatoms. The zero-order chi connectivity index (χ0) is 15.2. The summed E-state index contributed by atoms with van der Waals surface area (Å²) >= 11 is 0. The minimum atomic E-state index is -0.154. The van der Waals surface area contributed by atoms with Crippen molar-refractivity contribution in [2.75, 3.05) is 11.9 Å². The van der Waals surface area contributed by atoms with Crippen LogP contribution in [0.25, 0.3) is 0 Å². The van der Waals surface area contributed by atoms with Gasteiger partial charge in [0.1, 0.15) is 5.82 Å². The largest absolute Gasteiger partial charge is 0.356 e. The molecule has 1 aromatic heterocycles.